The Morgan fingerprint density at radius 1 is 1.19 bits per heavy atom. The molecule has 1 aliphatic heterocycles. The van der Waals surface area contributed by atoms with Crippen molar-refractivity contribution in [3.63, 3.8) is 0 Å². The number of sulfonamides is 1. The van der Waals surface area contributed by atoms with E-state index in [2.05, 4.69) is 5.32 Å². The van der Waals surface area contributed by atoms with Crippen LogP contribution in [-0.2, 0) is 14.8 Å². The lowest BCUT2D eigenvalue weighted by molar-refractivity contribution is -0.114. The van der Waals surface area contributed by atoms with Gasteiger partial charge in [-0.3, -0.25) is 9.10 Å². The third-order valence-electron chi connectivity index (χ3n) is 3.78. The molecule has 0 aliphatic carbocycles. The van der Waals surface area contributed by atoms with Gasteiger partial charge >= 0.3 is 0 Å². The van der Waals surface area contributed by atoms with Crippen LogP contribution in [0.15, 0.2) is 42.5 Å². The van der Waals surface area contributed by atoms with Crippen molar-refractivity contribution in [3.8, 4) is 17.6 Å². The van der Waals surface area contributed by atoms with E-state index in [1.807, 2.05) is 6.07 Å². The van der Waals surface area contributed by atoms with Crippen LogP contribution in [0.3, 0.4) is 0 Å². The van der Waals surface area contributed by atoms with E-state index in [0.717, 1.165) is 10.6 Å². The Morgan fingerprint density at radius 3 is 2.63 bits per heavy atom. The van der Waals surface area contributed by atoms with Gasteiger partial charge in [0.05, 0.1) is 23.6 Å². The molecule has 1 N–H and O–H groups in total. The van der Waals surface area contributed by atoms with Crippen molar-refractivity contribution in [1.82, 2.24) is 0 Å². The van der Waals surface area contributed by atoms with Crippen LogP contribution in [0.5, 0.6) is 11.5 Å². The van der Waals surface area contributed by atoms with E-state index in [1.165, 1.54) is 12.1 Å². The topological polar surface area (TPSA) is 109 Å². The number of hydrogen-bond donors (Lipinski definition) is 1. The number of amides is 1. The third kappa shape index (κ3) is 4.48. The molecule has 0 saturated heterocycles. The summed E-state index contributed by atoms with van der Waals surface area (Å²) in [5.41, 5.74) is 1.01. The Hall–Kier alpha value is -3.25. The Labute approximate surface area is 157 Å². The molecule has 2 aromatic rings. The van der Waals surface area contributed by atoms with E-state index in [9.17, 15) is 13.2 Å². The van der Waals surface area contributed by atoms with Gasteiger partial charge in [0, 0.05) is 11.8 Å². The van der Waals surface area contributed by atoms with Gasteiger partial charge in [-0.05, 0) is 30.3 Å². The number of nitrogens with one attached hydrogen (secondary N) is 1. The molecular weight excluding hydrogens is 370 g/mol. The van der Waals surface area contributed by atoms with Crippen molar-refractivity contribution < 1.29 is 22.7 Å². The van der Waals surface area contributed by atoms with Crippen LogP contribution in [0.2, 0.25) is 0 Å². The quantitative estimate of drug-likeness (QED) is 0.837. The molecule has 0 fully saturated rings. The van der Waals surface area contributed by atoms with Crippen LogP contribution in [0.4, 0.5) is 11.4 Å². The zero-order valence-electron chi connectivity index (χ0n) is 14.5. The molecule has 0 radical (unpaired) electrons. The summed E-state index contributed by atoms with van der Waals surface area (Å²) in [6.45, 7) is 0.452. The molecule has 140 valence electrons. The fourth-order valence-corrected chi connectivity index (χ4v) is 3.43. The third-order valence-corrected chi connectivity index (χ3v) is 4.92. The molecule has 8 nitrogen and oxygen atoms in total. The lowest BCUT2D eigenvalue weighted by Gasteiger charge is -2.22. The highest BCUT2D eigenvalue weighted by Gasteiger charge is 2.22. The lowest BCUT2D eigenvalue weighted by Crippen LogP contribution is -2.37. The molecular formula is C18H17N3O5S. The van der Waals surface area contributed by atoms with Gasteiger partial charge in [0.25, 0.3) is 0 Å². The van der Waals surface area contributed by atoms with E-state index >= 15 is 0 Å². The number of rotatable bonds is 5. The number of carbonyl (C=O) groups excluding carboxylic acids is 1. The van der Waals surface area contributed by atoms with Gasteiger partial charge in [-0.25, -0.2) is 8.42 Å². The summed E-state index contributed by atoms with van der Waals surface area (Å²) in [5.74, 6) is 0.575. The van der Waals surface area contributed by atoms with Gasteiger partial charge in [0.2, 0.25) is 15.9 Å². The molecule has 0 unspecified atom stereocenters. The molecule has 27 heavy (non-hydrogen) atoms. The molecule has 9 heteroatoms. The maximum atomic E-state index is 12.4. The first-order valence-electron chi connectivity index (χ1n) is 8.04. The molecule has 1 aliphatic rings. The number of hydrogen-bond acceptors (Lipinski definition) is 6. The smallest absolute Gasteiger partial charge is 0.245 e. The molecule has 0 atom stereocenters. The predicted octanol–water partition coefficient (Wildman–Crippen LogP) is 1.73. The number of nitriles is 1. The van der Waals surface area contributed by atoms with E-state index in [0.29, 0.717) is 36.0 Å². The van der Waals surface area contributed by atoms with Crippen LogP contribution >= 0.6 is 0 Å². The Bertz CT molecular complexity index is 1010. The average molecular weight is 387 g/mol. The summed E-state index contributed by atoms with van der Waals surface area (Å²) in [7, 11) is -3.73. The van der Waals surface area contributed by atoms with Crippen LogP contribution in [-0.4, -0.2) is 40.3 Å². The first-order valence-corrected chi connectivity index (χ1v) is 9.89. The standard InChI is InChI=1S/C18H17N3O5S/c1-27(23,24)21(15-4-2-3-13(9-15)11-19)12-18(22)20-14-5-6-16-17(10-14)26-8-7-25-16/h2-6,9-10H,7-8,12H2,1H3,(H,20,22). The van der Waals surface area contributed by atoms with Gasteiger partial charge in [0.1, 0.15) is 19.8 Å². The van der Waals surface area contributed by atoms with Crippen molar-refractivity contribution in [2.24, 2.45) is 0 Å². The van der Waals surface area contributed by atoms with Gasteiger partial charge in [-0.15, -0.1) is 0 Å². The average Bonchev–Trinajstić information content (AvgIpc) is 2.65. The summed E-state index contributed by atoms with van der Waals surface area (Å²) in [4.78, 5) is 12.4. The Balaban J connectivity index is 1.78. The number of nitrogens with zero attached hydrogens (tertiary/aromatic N) is 2. The summed E-state index contributed by atoms with van der Waals surface area (Å²) in [6.07, 6.45) is 1.00. The van der Waals surface area contributed by atoms with Gasteiger partial charge in [-0.2, -0.15) is 5.26 Å². The number of benzene rings is 2. The second kappa shape index (κ2) is 7.55. The molecule has 0 saturated carbocycles. The molecule has 0 bridgehead atoms. The lowest BCUT2D eigenvalue weighted by atomic mass is 10.2. The maximum absolute atomic E-state index is 12.4. The molecule has 1 heterocycles. The van der Waals surface area contributed by atoms with E-state index in [1.54, 1.807) is 30.3 Å². The molecule has 0 spiro atoms. The number of fused-ring (bicyclic) bond motifs is 1. The molecule has 3 rings (SSSR count). The van der Waals surface area contributed by atoms with Gasteiger partial charge in [0.15, 0.2) is 11.5 Å². The van der Waals surface area contributed by atoms with Gasteiger partial charge in [-0.1, -0.05) is 6.07 Å². The van der Waals surface area contributed by atoms with Gasteiger partial charge < -0.3 is 14.8 Å². The second-order valence-electron chi connectivity index (χ2n) is 5.84. The van der Waals surface area contributed by atoms with Crippen molar-refractivity contribution in [1.29, 1.82) is 5.26 Å². The number of ether oxygens (including phenoxy) is 2. The maximum Gasteiger partial charge on any atom is 0.245 e. The van der Waals surface area contributed by atoms with E-state index in [-0.39, 0.29) is 5.69 Å². The van der Waals surface area contributed by atoms with Crippen molar-refractivity contribution in [3.05, 3.63) is 48.0 Å². The number of carbonyl (C=O) groups is 1. The largest absolute Gasteiger partial charge is 0.486 e. The normalized spacial score (nSPS) is 12.7. The number of anilines is 2. The first-order chi connectivity index (χ1) is 12.9. The monoisotopic (exact) mass is 387 g/mol. The zero-order chi connectivity index (χ0) is 19.4. The fraction of sp³-hybridized carbons (Fsp3) is 0.222. The van der Waals surface area contributed by atoms with Crippen LogP contribution in [0.25, 0.3) is 0 Å². The minimum atomic E-state index is -3.73. The molecule has 1 amide bonds. The van der Waals surface area contributed by atoms with Crippen LogP contribution in [0.1, 0.15) is 5.56 Å². The van der Waals surface area contributed by atoms with Crippen molar-refractivity contribution in [2.45, 2.75) is 0 Å². The second-order valence-corrected chi connectivity index (χ2v) is 7.75. The van der Waals surface area contributed by atoms with Crippen molar-refractivity contribution in [2.75, 3.05) is 35.6 Å². The molecule has 0 aromatic heterocycles. The highest BCUT2D eigenvalue weighted by molar-refractivity contribution is 7.92. The van der Waals surface area contributed by atoms with Crippen LogP contribution < -0.4 is 19.1 Å². The fourth-order valence-electron chi connectivity index (χ4n) is 2.58. The summed E-state index contributed by atoms with van der Waals surface area (Å²) in [6, 6.07) is 12.9. The minimum Gasteiger partial charge on any atom is -0.486 e. The van der Waals surface area contributed by atoms with Crippen LogP contribution in [0, 0.1) is 11.3 Å². The van der Waals surface area contributed by atoms with E-state index < -0.39 is 22.5 Å². The first kappa shape index (κ1) is 18.5. The van der Waals surface area contributed by atoms with E-state index in [4.69, 9.17) is 14.7 Å². The molecule has 2 aromatic carbocycles. The highest BCUT2D eigenvalue weighted by atomic mass is 32.2. The summed E-state index contributed by atoms with van der Waals surface area (Å²) < 4.78 is 36.1. The Morgan fingerprint density at radius 2 is 1.93 bits per heavy atom. The summed E-state index contributed by atoms with van der Waals surface area (Å²) >= 11 is 0. The van der Waals surface area contributed by atoms with Crippen molar-refractivity contribution >= 4 is 27.3 Å². The summed E-state index contributed by atoms with van der Waals surface area (Å²) in [5, 5.41) is 11.6. The highest BCUT2D eigenvalue weighted by Crippen LogP contribution is 2.32. The SMILES string of the molecule is CS(=O)(=O)N(CC(=O)Nc1ccc2c(c1)OCCO2)c1cccc(C#N)c1. The minimum absolute atomic E-state index is 0.244. The predicted molar refractivity (Wildman–Crippen MR) is 99.4 cm³/mol. The zero-order valence-corrected chi connectivity index (χ0v) is 15.3. The Kier molecular flexibility index (Phi) is 5.19.